The SMILES string of the molecule is CCOc1ccc(C(=O)c2cccc(N)c2)cc1C. The van der Waals surface area contributed by atoms with Crippen molar-refractivity contribution in [2.45, 2.75) is 13.8 Å². The first-order chi connectivity index (χ1) is 9.11. The molecule has 0 fully saturated rings. The van der Waals surface area contributed by atoms with E-state index < -0.39 is 0 Å². The van der Waals surface area contributed by atoms with Gasteiger partial charge in [-0.1, -0.05) is 12.1 Å². The average molecular weight is 255 g/mol. The number of carbonyl (C=O) groups is 1. The summed E-state index contributed by atoms with van der Waals surface area (Å²) in [5.41, 5.74) is 8.49. The molecule has 3 nitrogen and oxygen atoms in total. The monoisotopic (exact) mass is 255 g/mol. The van der Waals surface area contributed by atoms with Crippen molar-refractivity contribution in [1.82, 2.24) is 0 Å². The summed E-state index contributed by atoms with van der Waals surface area (Å²) in [4.78, 5) is 12.3. The molecule has 0 amide bonds. The fraction of sp³-hybridized carbons (Fsp3) is 0.188. The first kappa shape index (κ1) is 13.1. The third-order valence-corrected chi connectivity index (χ3v) is 2.89. The minimum absolute atomic E-state index is 0.0292. The Balaban J connectivity index is 2.32. The Bertz CT molecular complexity index is 605. The standard InChI is InChI=1S/C16H17NO2/c1-3-19-15-8-7-13(9-11(15)2)16(18)12-5-4-6-14(17)10-12/h4-10H,3,17H2,1-2H3. The molecule has 0 aliphatic carbocycles. The van der Waals surface area contributed by atoms with Crippen LogP contribution in [0.5, 0.6) is 5.75 Å². The second kappa shape index (κ2) is 5.57. The number of hydrogen-bond donors (Lipinski definition) is 1. The molecule has 0 aliphatic rings. The predicted octanol–water partition coefficient (Wildman–Crippen LogP) is 3.21. The van der Waals surface area contributed by atoms with Gasteiger partial charge in [0.1, 0.15) is 5.75 Å². The topological polar surface area (TPSA) is 52.3 Å². The number of carbonyl (C=O) groups excluding carboxylic acids is 1. The largest absolute Gasteiger partial charge is 0.494 e. The van der Waals surface area contributed by atoms with Crippen molar-refractivity contribution in [1.29, 1.82) is 0 Å². The van der Waals surface area contributed by atoms with Gasteiger partial charge in [0.15, 0.2) is 5.78 Å². The quantitative estimate of drug-likeness (QED) is 0.674. The van der Waals surface area contributed by atoms with E-state index in [0.717, 1.165) is 11.3 Å². The van der Waals surface area contributed by atoms with Crippen molar-refractivity contribution in [3.05, 3.63) is 59.2 Å². The number of aryl methyl sites for hydroxylation is 1. The maximum atomic E-state index is 12.3. The van der Waals surface area contributed by atoms with Gasteiger partial charge < -0.3 is 10.5 Å². The van der Waals surface area contributed by atoms with Crippen LogP contribution in [0.15, 0.2) is 42.5 Å². The number of benzene rings is 2. The van der Waals surface area contributed by atoms with Crippen LogP contribution in [0.1, 0.15) is 28.4 Å². The lowest BCUT2D eigenvalue weighted by molar-refractivity contribution is 0.103. The molecule has 0 aromatic heterocycles. The van der Waals surface area contributed by atoms with Crippen LogP contribution in [0.2, 0.25) is 0 Å². The van der Waals surface area contributed by atoms with Crippen molar-refractivity contribution in [2.75, 3.05) is 12.3 Å². The van der Waals surface area contributed by atoms with Gasteiger partial charge in [0.25, 0.3) is 0 Å². The Labute approximate surface area is 113 Å². The summed E-state index contributed by atoms with van der Waals surface area (Å²) in [7, 11) is 0. The van der Waals surface area contributed by atoms with Crippen LogP contribution >= 0.6 is 0 Å². The number of rotatable bonds is 4. The average Bonchev–Trinajstić information content (AvgIpc) is 2.40. The van der Waals surface area contributed by atoms with Gasteiger partial charge in [-0.25, -0.2) is 0 Å². The minimum Gasteiger partial charge on any atom is -0.494 e. The zero-order valence-corrected chi connectivity index (χ0v) is 11.1. The van der Waals surface area contributed by atoms with Crippen molar-refractivity contribution in [3.63, 3.8) is 0 Å². The smallest absolute Gasteiger partial charge is 0.193 e. The van der Waals surface area contributed by atoms with Crippen LogP contribution in [0, 0.1) is 6.92 Å². The number of ether oxygens (including phenoxy) is 1. The van der Waals surface area contributed by atoms with Crippen LogP contribution in [0.3, 0.4) is 0 Å². The molecule has 0 aliphatic heterocycles. The van der Waals surface area contributed by atoms with E-state index >= 15 is 0 Å². The third kappa shape index (κ3) is 2.94. The zero-order chi connectivity index (χ0) is 13.8. The molecular formula is C16H17NO2. The molecule has 2 aromatic rings. The molecule has 2 aromatic carbocycles. The molecule has 0 atom stereocenters. The van der Waals surface area contributed by atoms with Crippen LogP contribution in [0.25, 0.3) is 0 Å². The van der Waals surface area contributed by atoms with E-state index in [-0.39, 0.29) is 5.78 Å². The predicted molar refractivity (Wildman–Crippen MR) is 76.6 cm³/mol. The Hall–Kier alpha value is -2.29. The molecule has 0 spiro atoms. The molecule has 3 heteroatoms. The number of ketones is 1. The molecule has 19 heavy (non-hydrogen) atoms. The summed E-state index contributed by atoms with van der Waals surface area (Å²) in [6, 6.07) is 12.5. The number of anilines is 1. The second-order valence-electron chi connectivity index (χ2n) is 4.37. The Kier molecular flexibility index (Phi) is 3.85. The zero-order valence-electron chi connectivity index (χ0n) is 11.1. The van der Waals surface area contributed by atoms with Gasteiger partial charge >= 0.3 is 0 Å². The second-order valence-corrected chi connectivity index (χ2v) is 4.37. The summed E-state index contributed by atoms with van der Waals surface area (Å²) in [5, 5.41) is 0. The van der Waals surface area contributed by atoms with Crippen molar-refractivity contribution >= 4 is 11.5 Å². The van der Waals surface area contributed by atoms with E-state index in [1.54, 1.807) is 30.3 Å². The van der Waals surface area contributed by atoms with Crippen LogP contribution in [0.4, 0.5) is 5.69 Å². The lowest BCUT2D eigenvalue weighted by Crippen LogP contribution is -2.03. The van der Waals surface area contributed by atoms with E-state index in [1.807, 2.05) is 26.0 Å². The minimum atomic E-state index is -0.0292. The van der Waals surface area contributed by atoms with Gasteiger partial charge in [0.05, 0.1) is 6.61 Å². The fourth-order valence-electron chi connectivity index (χ4n) is 1.95. The maximum Gasteiger partial charge on any atom is 0.193 e. The van der Waals surface area contributed by atoms with Crippen LogP contribution < -0.4 is 10.5 Å². The van der Waals surface area contributed by atoms with Crippen LogP contribution in [-0.4, -0.2) is 12.4 Å². The lowest BCUT2D eigenvalue weighted by Gasteiger charge is -2.09. The number of nitrogen functional groups attached to an aromatic ring is 1. The summed E-state index contributed by atoms with van der Waals surface area (Å²) >= 11 is 0. The van der Waals surface area contributed by atoms with E-state index in [2.05, 4.69) is 0 Å². The molecule has 0 bridgehead atoms. The lowest BCUT2D eigenvalue weighted by atomic mass is 10.0. The van der Waals surface area contributed by atoms with Gasteiger partial charge in [0.2, 0.25) is 0 Å². The molecule has 0 saturated carbocycles. The fourth-order valence-corrected chi connectivity index (χ4v) is 1.95. The molecule has 0 saturated heterocycles. The van der Waals surface area contributed by atoms with Gasteiger partial charge in [-0.05, 0) is 49.7 Å². The van der Waals surface area contributed by atoms with E-state index in [1.165, 1.54) is 0 Å². The van der Waals surface area contributed by atoms with E-state index in [0.29, 0.717) is 23.4 Å². The first-order valence-corrected chi connectivity index (χ1v) is 6.25. The molecule has 2 rings (SSSR count). The normalized spacial score (nSPS) is 10.2. The number of hydrogen-bond acceptors (Lipinski definition) is 3. The molecule has 0 radical (unpaired) electrons. The van der Waals surface area contributed by atoms with Gasteiger partial charge in [-0.3, -0.25) is 4.79 Å². The first-order valence-electron chi connectivity index (χ1n) is 6.25. The van der Waals surface area contributed by atoms with E-state index in [4.69, 9.17) is 10.5 Å². The van der Waals surface area contributed by atoms with Gasteiger partial charge in [-0.2, -0.15) is 0 Å². The van der Waals surface area contributed by atoms with Gasteiger partial charge in [0, 0.05) is 16.8 Å². The number of nitrogens with two attached hydrogens (primary N) is 1. The third-order valence-electron chi connectivity index (χ3n) is 2.89. The van der Waals surface area contributed by atoms with E-state index in [9.17, 15) is 4.79 Å². The highest BCUT2D eigenvalue weighted by Gasteiger charge is 2.11. The Morgan fingerprint density at radius 1 is 1.16 bits per heavy atom. The Morgan fingerprint density at radius 3 is 2.53 bits per heavy atom. The van der Waals surface area contributed by atoms with Crippen molar-refractivity contribution in [2.24, 2.45) is 0 Å². The molecule has 98 valence electrons. The highest BCUT2D eigenvalue weighted by Crippen LogP contribution is 2.21. The highest BCUT2D eigenvalue weighted by molar-refractivity contribution is 6.09. The maximum absolute atomic E-state index is 12.3. The highest BCUT2D eigenvalue weighted by atomic mass is 16.5. The van der Waals surface area contributed by atoms with Crippen molar-refractivity contribution < 1.29 is 9.53 Å². The molecule has 0 unspecified atom stereocenters. The van der Waals surface area contributed by atoms with Gasteiger partial charge in [-0.15, -0.1) is 0 Å². The summed E-state index contributed by atoms with van der Waals surface area (Å²) < 4.78 is 5.46. The van der Waals surface area contributed by atoms with Crippen molar-refractivity contribution in [3.8, 4) is 5.75 Å². The molecular weight excluding hydrogens is 238 g/mol. The summed E-state index contributed by atoms with van der Waals surface area (Å²) in [6.45, 7) is 4.48. The molecule has 2 N–H and O–H groups in total. The summed E-state index contributed by atoms with van der Waals surface area (Å²) in [5.74, 6) is 0.782. The Morgan fingerprint density at radius 2 is 1.89 bits per heavy atom. The molecule has 0 heterocycles. The van der Waals surface area contributed by atoms with Crippen LogP contribution in [-0.2, 0) is 0 Å². The summed E-state index contributed by atoms with van der Waals surface area (Å²) in [6.07, 6.45) is 0.